The maximum Gasteiger partial charge on any atom is 0.253 e. The number of ether oxygens (including phenoxy) is 1. The quantitative estimate of drug-likeness (QED) is 0.668. The van der Waals surface area contributed by atoms with Crippen LogP contribution in [0.3, 0.4) is 0 Å². The van der Waals surface area contributed by atoms with Gasteiger partial charge < -0.3 is 15.0 Å². The topological polar surface area (TPSA) is 54.5 Å². The average Bonchev–Trinajstić information content (AvgIpc) is 2.74. The Morgan fingerprint density at radius 3 is 2.70 bits per heavy atom. The summed E-state index contributed by atoms with van der Waals surface area (Å²) < 4.78 is 20.7. The first-order chi connectivity index (χ1) is 14.4. The molecule has 0 saturated carbocycles. The molecule has 1 saturated heterocycles. The van der Waals surface area contributed by atoms with Crippen LogP contribution in [0, 0.1) is 13.8 Å². The molecule has 1 N–H and O–H groups in total. The third-order valence-electron chi connectivity index (χ3n) is 5.76. The first-order valence-electron chi connectivity index (χ1n) is 10.7. The van der Waals surface area contributed by atoms with Gasteiger partial charge in [-0.15, -0.1) is 0 Å². The van der Waals surface area contributed by atoms with Crippen molar-refractivity contribution in [2.45, 2.75) is 45.7 Å². The van der Waals surface area contributed by atoms with E-state index in [1.165, 1.54) is 11.1 Å². The molecule has 1 fully saturated rings. The Hall–Kier alpha value is -2.47. The molecule has 6 heteroatoms. The van der Waals surface area contributed by atoms with E-state index in [2.05, 4.69) is 24.1 Å². The number of aromatic nitrogens is 1. The fraction of sp³-hybridized carbons (Fsp3) is 0.500. The lowest BCUT2D eigenvalue weighted by Gasteiger charge is -2.36. The van der Waals surface area contributed by atoms with Gasteiger partial charge in [-0.05, 0) is 49.6 Å². The highest BCUT2D eigenvalue weighted by molar-refractivity contribution is 5.94. The van der Waals surface area contributed by atoms with Gasteiger partial charge in [0.2, 0.25) is 5.88 Å². The number of amides is 1. The minimum atomic E-state index is -1.29. The van der Waals surface area contributed by atoms with Gasteiger partial charge in [0.25, 0.3) is 5.91 Å². The summed E-state index contributed by atoms with van der Waals surface area (Å²) in [6.45, 7) is 8.19. The average molecular weight is 414 g/mol. The van der Waals surface area contributed by atoms with Gasteiger partial charge in [0, 0.05) is 56.3 Å². The summed E-state index contributed by atoms with van der Waals surface area (Å²) in [6.07, 6.45) is 1.59. The molecule has 0 bridgehead atoms. The van der Waals surface area contributed by atoms with Gasteiger partial charge in [-0.2, -0.15) is 0 Å². The minimum Gasteiger partial charge on any atom is -0.476 e. The highest BCUT2D eigenvalue weighted by atomic mass is 19.1. The van der Waals surface area contributed by atoms with Crippen molar-refractivity contribution in [2.24, 2.45) is 0 Å². The van der Waals surface area contributed by atoms with Crippen molar-refractivity contribution >= 4 is 5.91 Å². The minimum absolute atomic E-state index is 0.00114. The van der Waals surface area contributed by atoms with Crippen LogP contribution in [0.5, 0.6) is 5.88 Å². The van der Waals surface area contributed by atoms with Crippen LogP contribution in [0.4, 0.5) is 4.39 Å². The predicted octanol–water partition coefficient (Wildman–Crippen LogP) is 3.87. The molecule has 1 aliphatic rings. The third-order valence-corrected chi connectivity index (χ3v) is 5.76. The number of hydrogen-bond acceptors (Lipinski definition) is 4. The molecule has 2 aromatic rings. The van der Waals surface area contributed by atoms with Crippen LogP contribution in [0.1, 0.15) is 46.9 Å². The lowest BCUT2D eigenvalue weighted by molar-refractivity contribution is 0.0433. The van der Waals surface area contributed by atoms with E-state index in [1.54, 1.807) is 4.90 Å². The number of rotatable bonds is 8. The summed E-state index contributed by atoms with van der Waals surface area (Å²) >= 11 is 0. The number of piperidine rings is 1. The standard InChI is InChI=1S/C24H32FN3O2/c1-4-20-16-21(9-8-18(20)2)23(29)28-13-10-24(25,11-14-28)17-26-12-15-30-22-7-5-6-19(3)27-22/h5-9,16,26H,4,10-15,17H2,1-3H3. The largest absolute Gasteiger partial charge is 0.476 e. The fourth-order valence-corrected chi connectivity index (χ4v) is 3.79. The van der Waals surface area contributed by atoms with Crippen molar-refractivity contribution in [2.75, 3.05) is 32.8 Å². The monoisotopic (exact) mass is 413 g/mol. The Morgan fingerprint density at radius 1 is 1.23 bits per heavy atom. The zero-order chi connectivity index (χ0) is 21.6. The van der Waals surface area contributed by atoms with Crippen LogP contribution in [0.2, 0.25) is 0 Å². The van der Waals surface area contributed by atoms with Gasteiger partial charge >= 0.3 is 0 Å². The number of hydrogen-bond donors (Lipinski definition) is 1. The normalized spacial score (nSPS) is 15.8. The highest BCUT2D eigenvalue weighted by Gasteiger charge is 2.35. The number of nitrogens with one attached hydrogen (secondary N) is 1. The Balaban J connectivity index is 1.42. The van der Waals surface area contributed by atoms with Crippen LogP contribution < -0.4 is 10.1 Å². The molecule has 1 aliphatic heterocycles. The highest BCUT2D eigenvalue weighted by Crippen LogP contribution is 2.27. The molecule has 0 atom stereocenters. The van der Waals surface area contributed by atoms with Crippen LogP contribution in [0.15, 0.2) is 36.4 Å². The number of carbonyl (C=O) groups excluding carboxylic acids is 1. The molecule has 2 heterocycles. The Bertz CT molecular complexity index is 863. The molecule has 3 rings (SSSR count). The lowest BCUT2D eigenvalue weighted by Crippen LogP contribution is -2.49. The zero-order valence-corrected chi connectivity index (χ0v) is 18.2. The van der Waals surface area contributed by atoms with Crippen molar-refractivity contribution < 1.29 is 13.9 Å². The van der Waals surface area contributed by atoms with Gasteiger partial charge in [0.1, 0.15) is 12.3 Å². The number of aryl methyl sites for hydroxylation is 3. The number of pyridine rings is 1. The van der Waals surface area contributed by atoms with Gasteiger partial charge in [-0.25, -0.2) is 9.37 Å². The molecule has 162 valence electrons. The number of nitrogens with zero attached hydrogens (tertiary/aromatic N) is 2. The third kappa shape index (κ3) is 5.79. The molecular formula is C24H32FN3O2. The summed E-state index contributed by atoms with van der Waals surface area (Å²) in [7, 11) is 0. The van der Waals surface area contributed by atoms with Gasteiger partial charge in [-0.1, -0.05) is 19.1 Å². The number of carbonyl (C=O) groups is 1. The maximum absolute atomic E-state index is 15.1. The molecule has 0 spiro atoms. The molecule has 1 aromatic carbocycles. The summed E-state index contributed by atoms with van der Waals surface area (Å²) in [4.78, 5) is 18.9. The Labute approximate surface area is 178 Å². The smallest absolute Gasteiger partial charge is 0.253 e. The molecule has 1 aromatic heterocycles. The Morgan fingerprint density at radius 2 is 2.00 bits per heavy atom. The number of alkyl halides is 1. The predicted molar refractivity (Wildman–Crippen MR) is 117 cm³/mol. The summed E-state index contributed by atoms with van der Waals surface area (Å²) in [5.74, 6) is 0.583. The van der Waals surface area contributed by atoms with E-state index < -0.39 is 5.67 Å². The first-order valence-corrected chi connectivity index (χ1v) is 10.7. The second-order valence-corrected chi connectivity index (χ2v) is 8.08. The SMILES string of the molecule is CCc1cc(C(=O)N2CCC(F)(CNCCOc3cccc(C)n3)CC2)ccc1C. The van der Waals surface area contributed by atoms with Crippen molar-refractivity contribution in [1.29, 1.82) is 0 Å². The van der Waals surface area contributed by atoms with E-state index in [4.69, 9.17) is 4.74 Å². The fourth-order valence-electron chi connectivity index (χ4n) is 3.79. The molecule has 0 unspecified atom stereocenters. The summed E-state index contributed by atoms with van der Waals surface area (Å²) in [6, 6.07) is 11.5. The van der Waals surface area contributed by atoms with Crippen molar-refractivity contribution in [3.05, 3.63) is 58.8 Å². The van der Waals surface area contributed by atoms with Gasteiger partial charge in [-0.3, -0.25) is 4.79 Å². The molecule has 5 nitrogen and oxygen atoms in total. The number of benzene rings is 1. The number of likely N-dealkylation sites (tertiary alicyclic amines) is 1. The molecule has 0 radical (unpaired) electrons. The number of halogens is 1. The van der Waals surface area contributed by atoms with Crippen LogP contribution in [0.25, 0.3) is 0 Å². The van der Waals surface area contributed by atoms with Crippen LogP contribution in [-0.2, 0) is 6.42 Å². The Kier molecular flexibility index (Phi) is 7.43. The molecule has 1 amide bonds. The summed E-state index contributed by atoms with van der Waals surface area (Å²) in [5, 5.41) is 3.15. The van der Waals surface area contributed by atoms with E-state index in [0.717, 1.165) is 12.1 Å². The first kappa shape index (κ1) is 22.2. The second-order valence-electron chi connectivity index (χ2n) is 8.08. The van der Waals surface area contributed by atoms with E-state index in [9.17, 15) is 4.79 Å². The van der Waals surface area contributed by atoms with Crippen molar-refractivity contribution in [3.63, 3.8) is 0 Å². The maximum atomic E-state index is 15.1. The van der Waals surface area contributed by atoms with Crippen molar-refractivity contribution in [3.8, 4) is 5.88 Å². The van der Waals surface area contributed by atoms with Gasteiger partial charge in [0.05, 0.1) is 0 Å². The molecular weight excluding hydrogens is 381 g/mol. The zero-order valence-electron chi connectivity index (χ0n) is 18.2. The van der Waals surface area contributed by atoms with E-state index in [-0.39, 0.29) is 12.5 Å². The molecule has 30 heavy (non-hydrogen) atoms. The van der Waals surface area contributed by atoms with Crippen molar-refractivity contribution in [1.82, 2.24) is 15.2 Å². The van der Waals surface area contributed by atoms with E-state index >= 15 is 4.39 Å². The molecule has 0 aliphatic carbocycles. The summed E-state index contributed by atoms with van der Waals surface area (Å²) in [5.41, 5.74) is 2.69. The van der Waals surface area contributed by atoms with Gasteiger partial charge in [0.15, 0.2) is 0 Å². The van der Waals surface area contributed by atoms with E-state index in [1.807, 2.05) is 43.3 Å². The van der Waals surface area contributed by atoms with E-state index in [0.29, 0.717) is 50.5 Å². The second kappa shape index (κ2) is 10.0. The van der Waals surface area contributed by atoms with Crippen LogP contribution >= 0.6 is 0 Å². The lowest BCUT2D eigenvalue weighted by atomic mass is 9.92. The van der Waals surface area contributed by atoms with Crippen LogP contribution in [-0.4, -0.2) is 54.2 Å².